The van der Waals surface area contributed by atoms with Crippen LogP contribution in [0.1, 0.15) is 52.4 Å². The van der Waals surface area contributed by atoms with Gasteiger partial charge < -0.3 is 19.5 Å². The van der Waals surface area contributed by atoms with Gasteiger partial charge in [0.15, 0.2) is 0 Å². The number of rotatable bonds is 12. The van der Waals surface area contributed by atoms with Crippen LogP contribution < -0.4 is 34.7 Å². The Bertz CT molecular complexity index is 262. The van der Waals surface area contributed by atoms with Gasteiger partial charge >= 0.3 is 35.5 Å². The minimum absolute atomic E-state index is 0. The second-order valence-electron chi connectivity index (χ2n) is 4.58. The topological polar surface area (TPSA) is 69.7 Å². The number of unbranched alkanes of at least 4 members (excludes halogenated alkanes) is 3. The molecule has 0 aliphatic heterocycles. The molecule has 0 saturated heterocycles. The summed E-state index contributed by atoms with van der Waals surface area (Å²) in [6, 6.07) is 0. The first-order chi connectivity index (χ1) is 9.10. The minimum atomic E-state index is -1.05. The molecular weight excluding hydrogens is 269 g/mol. The summed E-state index contributed by atoms with van der Waals surface area (Å²) < 4.78 is 4.87. The van der Waals surface area contributed by atoms with Gasteiger partial charge in [0, 0.05) is 19.1 Å². The molecule has 0 heterocycles. The quantitative estimate of drug-likeness (QED) is 0.236. The maximum atomic E-state index is 11.3. The van der Waals surface area contributed by atoms with Crippen LogP contribution in [0.5, 0.6) is 0 Å². The summed E-state index contributed by atoms with van der Waals surface area (Å²) in [6.45, 7) is 6.12. The molecule has 0 saturated carbocycles. The molecule has 5 nitrogen and oxygen atoms in total. The van der Waals surface area contributed by atoms with Gasteiger partial charge in [-0.3, -0.25) is 4.79 Å². The molecule has 0 aromatic carbocycles. The van der Waals surface area contributed by atoms with E-state index in [-0.39, 0.29) is 41.9 Å². The Kier molecular flexibility index (Phi) is 17.0. The number of ether oxygens (including phenoxy) is 1. The Labute approximate surface area is 144 Å². The third-order valence-corrected chi connectivity index (χ3v) is 2.90. The summed E-state index contributed by atoms with van der Waals surface area (Å²) in [7, 11) is 0. The third-order valence-electron chi connectivity index (χ3n) is 2.90. The Hall–Kier alpha value is -0.100. The van der Waals surface area contributed by atoms with Crippen LogP contribution in [-0.4, -0.2) is 43.1 Å². The van der Waals surface area contributed by atoms with Crippen LogP contribution in [0.4, 0.5) is 0 Å². The van der Waals surface area contributed by atoms with E-state index in [1.165, 1.54) is 12.8 Å². The van der Waals surface area contributed by atoms with Crippen molar-refractivity contribution in [3.05, 3.63) is 0 Å². The molecule has 0 spiro atoms. The van der Waals surface area contributed by atoms with E-state index in [9.17, 15) is 14.7 Å². The summed E-state index contributed by atoms with van der Waals surface area (Å²) in [4.78, 5) is 23.8. The molecule has 0 aromatic rings. The van der Waals surface area contributed by atoms with Crippen LogP contribution in [0.15, 0.2) is 0 Å². The molecule has 112 valence electrons. The van der Waals surface area contributed by atoms with Crippen molar-refractivity contribution < 1.29 is 49.0 Å². The Morgan fingerprint density at radius 2 is 1.65 bits per heavy atom. The maximum Gasteiger partial charge on any atom is 1.00 e. The molecule has 0 rings (SSSR count). The number of carbonyl (C=O) groups excluding carboxylic acids is 2. The van der Waals surface area contributed by atoms with E-state index in [4.69, 9.17) is 4.74 Å². The van der Waals surface area contributed by atoms with Gasteiger partial charge in [0.25, 0.3) is 0 Å². The van der Waals surface area contributed by atoms with Crippen molar-refractivity contribution in [1.29, 1.82) is 0 Å². The van der Waals surface area contributed by atoms with Crippen LogP contribution >= 0.6 is 0 Å². The number of esters is 1. The summed E-state index contributed by atoms with van der Waals surface area (Å²) in [6.07, 6.45) is 4.85. The molecule has 0 bridgehead atoms. The fourth-order valence-electron chi connectivity index (χ4n) is 1.83. The Balaban J connectivity index is 0. The predicted octanol–water partition coefficient (Wildman–Crippen LogP) is -2.03. The van der Waals surface area contributed by atoms with Gasteiger partial charge in [-0.05, 0) is 26.3 Å². The van der Waals surface area contributed by atoms with Crippen molar-refractivity contribution in [3.8, 4) is 0 Å². The number of carboxylic acids is 1. The fraction of sp³-hybridized carbons (Fsp3) is 0.857. The molecule has 0 atom stereocenters. The zero-order chi connectivity index (χ0) is 14.5. The molecule has 0 N–H and O–H groups in total. The van der Waals surface area contributed by atoms with Gasteiger partial charge in [0.1, 0.15) is 0 Å². The minimum Gasteiger partial charge on any atom is -0.550 e. The molecule has 0 aromatic heterocycles. The van der Waals surface area contributed by atoms with Crippen molar-refractivity contribution in [2.45, 2.75) is 52.4 Å². The Morgan fingerprint density at radius 3 is 2.20 bits per heavy atom. The zero-order valence-electron chi connectivity index (χ0n) is 13.2. The normalized spacial score (nSPS) is 10.2. The average molecular weight is 295 g/mol. The molecule has 0 unspecified atom stereocenters. The first-order valence-corrected chi connectivity index (χ1v) is 7.18. The smallest absolute Gasteiger partial charge is 0.550 e. The van der Waals surface area contributed by atoms with E-state index in [0.717, 1.165) is 19.4 Å². The number of nitrogens with zero attached hydrogens (tertiary/aromatic N) is 1. The molecule has 6 heteroatoms. The van der Waals surface area contributed by atoms with Gasteiger partial charge in [0.05, 0.1) is 13.0 Å². The van der Waals surface area contributed by atoms with Crippen molar-refractivity contribution in [1.82, 2.24) is 4.90 Å². The van der Waals surface area contributed by atoms with Crippen molar-refractivity contribution in [2.24, 2.45) is 0 Å². The first-order valence-electron chi connectivity index (χ1n) is 7.18. The third kappa shape index (κ3) is 14.3. The van der Waals surface area contributed by atoms with Crippen LogP contribution in [0, 0.1) is 0 Å². The monoisotopic (exact) mass is 295 g/mol. The Morgan fingerprint density at radius 1 is 1.00 bits per heavy atom. The summed E-state index contributed by atoms with van der Waals surface area (Å²) in [5.74, 6) is -1.27. The number of carboxylic acid groups (broad SMARTS) is 1. The van der Waals surface area contributed by atoms with E-state index in [1.54, 1.807) is 6.92 Å². The van der Waals surface area contributed by atoms with Gasteiger partial charge in [-0.15, -0.1) is 0 Å². The predicted molar refractivity (Wildman–Crippen MR) is 71.5 cm³/mol. The van der Waals surface area contributed by atoms with Gasteiger partial charge in [-0.2, -0.15) is 0 Å². The second-order valence-corrected chi connectivity index (χ2v) is 4.58. The number of hydrogen-bond donors (Lipinski definition) is 0. The van der Waals surface area contributed by atoms with Gasteiger partial charge in [-0.25, -0.2) is 0 Å². The summed E-state index contributed by atoms with van der Waals surface area (Å²) >= 11 is 0. The summed E-state index contributed by atoms with van der Waals surface area (Å²) in [5, 5.41) is 10.5. The molecule has 0 radical (unpaired) electrons. The number of hydrogen-bond acceptors (Lipinski definition) is 5. The van der Waals surface area contributed by atoms with E-state index < -0.39 is 5.97 Å². The second kappa shape index (κ2) is 15.3. The van der Waals surface area contributed by atoms with Crippen LogP contribution in [0.3, 0.4) is 0 Å². The van der Waals surface area contributed by atoms with Gasteiger partial charge in [-0.1, -0.05) is 26.2 Å². The fourth-order valence-corrected chi connectivity index (χ4v) is 1.83. The van der Waals surface area contributed by atoms with E-state index in [2.05, 4.69) is 6.92 Å². The van der Waals surface area contributed by atoms with Crippen LogP contribution in [0.25, 0.3) is 0 Å². The number of carbonyl (C=O) groups is 2. The summed E-state index contributed by atoms with van der Waals surface area (Å²) in [5.41, 5.74) is 0. The van der Waals surface area contributed by atoms with Gasteiger partial charge in [0.2, 0.25) is 0 Å². The molecule has 20 heavy (non-hydrogen) atoms. The first kappa shape index (κ1) is 22.2. The standard InChI is InChI=1S/C14H27NO4.Na/c1-3-5-6-7-10-15(11-8-13(16)17)12-9-14(18)19-4-2;/h3-12H2,1-2H3,(H,16,17);/q;+1/p-1. The molecule has 0 amide bonds. The van der Waals surface area contributed by atoms with Crippen molar-refractivity contribution >= 4 is 11.9 Å². The maximum absolute atomic E-state index is 11.3. The SMILES string of the molecule is CCCCCCN(CCC(=O)[O-])CCC(=O)OCC.[Na+]. The molecule has 0 aliphatic carbocycles. The van der Waals surface area contributed by atoms with Crippen molar-refractivity contribution in [3.63, 3.8) is 0 Å². The molecular formula is C14H26NNaO4. The van der Waals surface area contributed by atoms with Crippen LogP contribution in [-0.2, 0) is 14.3 Å². The molecule has 0 fully saturated rings. The van der Waals surface area contributed by atoms with Crippen molar-refractivity contribution in [2.75, 3.05) is 26.2 Å². The average Bonchev–Trinajstić information content (AvgIpc) is 2.37. The molecule has 0 aliphatic rings. The van der Waals surface area contributed by atoms with E-state index in [1.807, 2.05) is 4.90 Å². The zero-order valence-corrected chi connectivity index (χ0v) is 15.2. The van der Waals surface area contributed by atoms with E-state index >= 15 is 0 Å². The largest absolute Gasteiger partial charge is 1.00 e. The number of aliphatic carboxylic acids is 1. The van der Waals surface area contributed by atoms with Crippen LogP contribution in [0.2, 0.25) is 0 Å². The van der Waals surface area contributed by atoms with E-state index in [0.29, 0.717) is 26.1 Å².